The Labute approximate surface area is 151 Å². The van der Waals surface area contributed by atoms with Gasteiger partial charge in [-0.05, 0) is 42.0 Å². The molecule has 2 aromatic rings. The largest absolute Gasteiger partial charge is 0.355 e. The fourth-order valence-corrected chi connectivity index (χ4v) is 3.09. The van der Waals surface area contributed by atoms with E-state index in [1.54, 1.807) is 43.3 Å². The van der Waals surface area contributed by atoms with Gasteiger partial charge in [0.1, 0.15) is 5.82 Å². The molecule has 0 saturated carbocycles. The Morgan fingerprint density at radius 3 is 2.32 bits per heavy atom. The smallest absolute Gasteiger partial charge is 0.251 e. The molecule has 6 heteroatoms. The predicted molar refractivity (Wildman–Crippen MR) is 98.0 cm³/mol. The van der Waals surface area contributed by atoms with Crippen molar-refractivity contribution in [2.45, 2.75) is 17.9 Å². The topological polar surface area (TPSA) is 49.4 Å². The minimum Gasteiger partial charge on any atom is -0.355 e. The zero-order chi connectivity index (χ0) is 18.2. The summed E-state index contributed by atoms with van der Waals surface area (Å²) >= 11 is 1.53. The van der Waals surface area contributed by atoms with Crippen LogP contribution < -0.4 is 5.32 Å². The van der Waals surface area contributed by atoms with Gasteiger partial charge in [-0.25, -0.2) is 4.39 Å². The van der Waals surface area contributed by atoms with Gasteiger partial charge in [0, 0.05) is 43.3 Å². The van der Waals surface area contributed by atoms with Crippen molar-refractivity contribution in [1.82, 2.24) is 10.2 Å². The second-order valence-electron chi connectivity index (χ2n) is 5.58. The van der Waals surface area contributed by atoms with Crippen LogP contribution in [-0.4, -0.2) is 36.6 Å². The van der Waals surface area contributed by atoms with Crippen LogP contribution in [0.3, 0.4) is 0 Å². The summed E-state index contributed by atoms with van der Waals surface area (Å²) < 4.78 is 12.8. The van der Waals surface area contributed by atoms with E-state index in [-0.39, 0.29) is 17.6 Å². The third-order valence-electron chi connectivity index (χ3n) is 3.69. The van der Waals surface area contributed by atoms with E-state index in [1.807, 2.05) is 12.1 Å². The van der Waals surface area contributed by atoms with Crippen LogP contribution in [0.1, 0.15) is 22.3 Å². The van der Waals surface area contributed by atoms with Crippen molar-refractivity contribution >= 4 is 23.6 Å². The summed E-state index contributed by atoms with van der Waals surface area (Å²) in [6.45, 7) is 0.494. The molecule has 0 unspecified atom stereocenters. The molecule has 0 saturated heterocycles. The third-order valence-corrected chi connectivity index (χ3v) is 4.70. The van der Waals surface area contributed by atoms with Crippen molar-refractivity contribution in [3.63, 3.8) is 0 Å². The number of nitrogens with zero attached hydrogens (tertiary/aromatic N) is 1. The molecule has 25 heavy (non-hydrogen) atoms. The van der Waals surface area contributed by atoms with Crippen LogP contribution in [0, 0.1) is 5.82 Å². The Kier molecular flexibility index (Phi) is 7.01. The summed E-state index contributed by atoms with van der Waals surface area (Å²) in [5.74, 6) is 0.297. The van der Waals surface area contributed by atoms with Crippen LogP contribution in [0.25, 0.3) is 0 Å². The third kappa shape index (κ3) is 5.90. The van der Waals surface area contributed by atoms with Crippen LogP contribution in [0.5, 0.6) is 0 Å². The summed E-state index contributed by atoms with van der Waals surface area (Å²) in [5, 5.41) is 2.57. The van der Waals surface area contributed by atoms with Crippen molar-refractivity contribution < 1.29 is 14.0 Å². The van der Waals surface area contributed by atoms with Gasteiger partial charge in [-0.3, -0.25) is 9.59 Å². The first-order chi connectivity index (χ1) is 12.0. The standard InChI is InChI=1S/C19H21FN2O2S/c1-21-19(24)15-5-3-14(4-6-15)13-22(2)18(23)11-12-25-17-9-7-16(20)8-10-17/h3-10H,11-13H2,1-2H3,(H,21,24). The molecule has 0 aromatic heterocycles. The first-order valence-electron chi connectivity index (χ1n) is 7.93. The molecule has 0 radical (unpaired) electrons. The molecule has 4 nitrogen and oxygen atoms in total. The number of rotatable bonds is 7. The first-order valence-corrected chi connectivity index (χ1v) is 8.91. The van der Waals surface area contributed by atoms with E-state index >= 15 is 0 Å². The number of nitrogens with one attached hydrogen (secondary N) is 1. The van der Waals surface area contributed by atoms with Crippen molar-refractivity contribution in [3.05, 3.63) is 65.5 Å². The van der Waals surface area contributed by atoms with Gasteiger partial charge < -0.3 is 10.2 Å². The van der Waals surface area contributed by atoms with Gasteiger partial charge in [0.25, 0.3) is 5.91 Å². The Bertz CT molecular complexity index is 717. The van der Waals surface area contributed by atoms with Crippen LogP contribution in [0.15, 0.2) is 53.4 Å². The number of carbonyl (C=O) groups excluding carboxylic acids is 2. The van der Waals surface area contributed by atoms with E-state index in [0.29, 0.717) is 24.3 Å². The Hall–Kier alpha value is -2.34. The summed E-state index contributed by atoms with van der Waals surface area (Å²) in [7, 11) is 3.35. The van der Waals surface area contributed by atoms with Crippen molar-refractivity contribution in [1.29, 1.82) is 0 Å². The number of carbonyl (C=O) groups is 2. The quantitative estimate of drug-likeness (QED) is 0.771. The van der Waals surface area contributed by atoms with E-state index < -0.39 is 0 Å². The summed E-state index contributed by atoms with van der Waals surface area (Å²) in [4.78, 5) is 26.3. The monoisotopic (exact) mass is 360 g/mol. The maximum atomic E-state index is 12.8. The van der Waals surface area contributed by atoms with Crippen LogP contribution >= 0.6 is 11.8 Å². The molecule has 1 N–H and O–H groups in total. The van der Waals surface area contributed by atoms with Crippen molar-refractivity contribution in [3.8, 4) is 0 Å². The molecule has 0 atom stereocenters. The Morgan fingerprint density at radius 1 is 1.08 bits per heavy atom. The molecule has 2 aromatic carbocycles. The van der Waals surface area contributed by atoms with E-state index in [9.17, 15) is 14.0 Å². The molecule has 2 amide bonds. The molecule has 0 fully saturated rings. The number of hydrogen-bond donors (Lipinski definition) is 1. The highest BCUT2D eigenvalue weighted by atomic mass is 32.2. The van der Waals surface area contributed by atoms with Gasteiger partial charge in [0.15, 0.2) is 0 Å². The molecule has 0 bridgehead atoms. The highest BCUT2D eigenvalue weighted by Crippen LogP contribution is 2.19. The summed E-state index contributed by atoms with van der Waals surface area (Å²) in [5.41, 5.74) is 1.56. The predicted octanol–water partition coefficient (Wildman–Crippen LogP) is 3.33. The van der Waals surface area contributed by atoms with Crippen molar-refractivity contribution in [2.75, 3.05) is 19.8 Å². The van der Waals surface area contributed by atoms with Crippen LogP contribution in [0.2, 0.25) is 0 Å². The lowest BCUT2D eigenvalue weighted by Gasteiger charge is -2.17. The lowest BCUT2D eigenvalue weighted by atomic mass is 10.1. The fourth-order valence-electron chi connectivity index (χ4n) is 2.25. The van der Waals surface area contributed by atoms with Gasteiger partial charge in [-0.2, -0.15) is 0 Å². The minimum atomic E-state index is -0.261. The fraction of sp³-hybridized carbons (Fsp3) is 0.263. The molecule has 0 aliphatic carbocycles. The summed E-state index contributed by atoms with van der Waals surface area (Å²) in [6.07, 6.45) is 0.412. The Morgan fingerprint density at radius 2 is 1.72 bits per heavy atom. The number of benzene rings is 2. The second-order valence-corrected chi connectivity index (χ2v) is 6.75. The Balaban J connectivity index is 1.79. The lowest BCUT2D eigenvalue weighted by molar-refractivity contribution is -0.129. The minimum absolute atomic E-state index is 0.0463. The average molecular weight is 360 g/mol. The maximum absolute atomic E-state index is 12.8. The average Bonchev–Trinajstić information content (AvgIpc) is 2.63. The van der Waals surface area contributed by atoms with Gasteiger partial charge in [-0.15, -0.1) is 11.8 Å². The second kappa shape index (κ2) is 9.22. The molecule has 132 valence electrons. The molecule has 0 heterocycles. The molecule has 2 rings (SSSR count). The molecular weight excluding hydrogens is 339 g/mol. The van der Waals surface area contributed by atoms with E-state index in [1.165, 1.54) is 23.9 Å². The highest BCUT2D eigenvalue weighted by molar-refractivity contribution is 7.99. The van der Waals surface area contributed by atoms with E-state index in [4.69, 9.17) is 0 Å². The molecule has 0 aliphatic heterocycles. The normalized spacial score (nSPS) is 10.4. The first kappa shape index (κ1) is 19.0. The number of thioether (sulfide) groups is 1. The lowest BCUT2D eigenvalue weighted by Crippen LogP contribution is -2.26. The molecular formula is C19H21FN2O2S. The summed E-state index contributed by atoms with van der Waals surface area (Å²) in [6, 6.07) is 13.4. The molecule has 0 spiro atoms. The van der Waals surface area contributed by atoms with E-state index in [0.717, 1.165) is 10.5 Å². The van der Waals surface area contributed by atoms with Crippen molar-refractivity contribution in [2.24, 2.45) is 0 Å². The van der Waals surface area contributed by atoms with Gasteiger partial charge in [0.2, 0.25) is 5.91 Å². The van der Waals surface area contributed by atoms with Crippen LogP contribution in [-0.2, 0) is 11.3 Å². The zero-order valence-corrected chi connectivity index (χ0v) is 15.1. The van der Waals surface area contributed by atoms with E-state index in [2.05, 4.69) is 5.32 Å². The number of hydrogen-bond acceptors (Lipinski definition) is 3. The maximum Gasteiger partial charge on any atom is 0.251 e. The number of halogens is 1. The zero-order valence-electron chi connectivity index (χ0n) is 14.3. The van der Waals surface area contributed by atoms with Gasteiger partial charge in [0.05, 0.1) is 0 Å². The SMILES string of the molecule is CNC(=O)c1ccc(CN(C)C(=O)CCSc2ccc(F)cc2)cc1. The van der Waals surface area contributed by atoms with Gasteiger partial charge in [-0.1, -0.05) is 12.1 Å². The highest BCUT2D eigenvalue weighted by Gasteiger charge is 2.10. The molecule has 0 aliphatic rings. The van der Waals surface area contributed by atoms with Gasteiger partial charge >= 0.3 is 0 Å². The number of amides is 2. The van der Waals surface area contributed by atoms with Crippen LogP contribution in [0.4, 0.5) is 4.39 Å².